The second kappa shape index (κ2) is 8.40. The zero-order chi connectivity index (χ0) is 19.3. The van der Waals surface area contributed by atoms with Crippen LogP contribution in [-0.4, -0.2) is 28.6 Å². The van der Waals surface area contributed by atoms with E-state index < -0.39 is 0 Å². The Morgan fingerprint density at radius 1 is 1.07 bits per heavy atom. The van der Waals surface area contributed by atoms with Gasteiger partial charge in [-0.1, -0.05) is 65.8 Å². The molecule has 0 spiro atoms. The molecule has 1 aliphatic rings. The van der Waals surface area contributed by atoms with Crippen molar-refractivity contribution in [3.05, 3.63) is 88.8 Å². The van der Waals surface area contributed by atoms with Gasteiger partial charge < -0.3 is 14.2 Å². The molecule has 1 aromatic heterocycles. The first-order valence-corrected chi connectivity index (χ1v) is 9.66. The van der Waals surface area contributed by atoms with Crippen LogP contribution in [-0.2, 0) is 30.7 Å². The summed E-state index contributed by atoms with van der Waals surface area (Å²) in [5.41, 5.74) is 3.46. The maximum absolute atomic E-state index is 13.5. The Morgan fingerprint density at radius 2 is 1.75 bits per heavy atom. The highest BCUT2D eigenvalue weighted by Gasteiger charge is 2.30. The second-order valence-electron chi connectivity index (χ2n) is 7.19. The van der Waals surface area contributed by atoms with Gasteiger partial charge in [0.15, 0.2) is 5.69 Å². The summed E-state index contributed by atoms with van der Waals surface area (Å²) in [5.74, 6) is 0.660. The highest BCUT2D eigenvalue weighted by atomic mass is 16.5. The summed E-state index contributed by atoms with van der Waals surface area (Å²) in [6, 6.07) is 20.3. The molecule has 2 heterocycles. The van der Waals surface area contributed by atoms with Crippen LogP contribution in [0.25, 0.3) is 0 Å². The molecule has 0 radical (unpaired) electrons. The number of ether oxygens (including phenoxy) is 1. The van der Waals surface area contributed by atoms with Gasteiger partial charge >= 0.3 is 0 Å². The number of hydrogen-bond acceptors (Lipinski definition) is 4. The Kier molecular flexibility index (Phi) is 5.53. The molecular formula is C23H24N2O3. The lowest BCUT2D eigenvalue weighted by Crippen LogP contribution is -2.40. The number of carbonyl (C=O) groups is 1. The van der Waals surface area contributed by atoms with Gasteiger partial charge in [0.05, 0.1) is 18.8 Å². The number of amides is 1. The van der Waals surface area contributed by atoms with Gasteiger partial charge in [-0.05, 0) is 24.5 Å². The predicted octanol–water partition coefficient (Wildman–Crippen LogP) is 4.02. The lowest BCUT2D eigenvalue weighted by Gasteiger charge is -2.29. The van der Waals surface area contributed by atoms with Crippen molar-refractivity contribution < 1.29 is 14.1 Å². The standard InChI is InChI=1S/C23H24N2O3/c1-17(14-18-8-4-2-5-9-18)25(15-19-10-6-3-7-11-19)23(26)22-20-16-27-13-12-21(20)28-24-22/h2-11,17H,12-16H2,1H3. The van der Waals surface area contributed by atoms with E-state index in [2.05, 4.69) is 24.2 Å². The van der Waals surface area contributed by atoms with Crippen LogP contribution < -0.4 is 0 Å². The summed E-state index contributed by atoms with van der Waals surface area (Å²) in [6.45, 7) is 3.59. The number of rotatable bonds is 6. The van der Waals surface area contributed by atoms with Crippen molar-refractivity contribution in [2.75, 3.05) is 6.61 Å². The van der Waals surface area contributed by atoms with Crippen molar-refractivity contribution in [1.82, 2.24) is 10.1 Å². The van der Waals surface area contributed by atoms with Crippen molar-refractivity contribution in [2.24, 2.45) is 0 Å². The van der Waals surface area contributed by atoms with Crippen molar-refractivity contribution in [2.45, 2.75) is 39.0 Å². The molecule has 0 aliphatic carbocycles. The lowest BCUT2D eigenvalue weighted by molar-refractivity contribution is 0.0656. The van der Waals surface area contributed by atoms with Crippen LogP contribution >= 0.6 is 0 Å². The van der Waals surface area contributed by atoms with Gasteiger partial charge in [0, 0.05) is 19.0 Å². The van der Waals surface area contributed by atoms with Crippen molar-refractivity contribution in [3.63, 3.8) is 0 Å². The molecule has 3 aromatic rings. The second-order valence-corrected chi connectivity index (χ2v) is 7.19. The van der Waals surface area contributed by atoms with Crippen LogP contribution in [0.1, 0.15) is 39.9 Å². The first kappa shape index (κ1) is 18.4. The van der Waals surface area contributed by atoms with Gasteiger partial charge in [-0.2, -0.15) is 0 Å². The predicted molar refractivity (Wildman–Crippen MR) is 106 cm³/mol. The van der Waals surface area contributed by atoms with E-state index in [9.17, 15) is 4.79 Å². The Morgan fingerprint density at radius 3 is 2.46 bits per heavy atom. The maximum Gasteiger partial charge on any atom is 0.276 e. The molecule has 1 atom stereocenters. The Hall–Kier alpha value is -2.92. The van der Waals surface area contributed by atoms with Crippen molar-refractivity contribution in [1.29, 1.82) is 0 Å². The van der Waals surface area contributed by atoms with Gasteiger partial charge in [0.1, 0.15) is 5.76 Å². The number of nitrogens with zero attached hydrogens (tertiary/aromatic N) is 2. The van der Waals surface area contributed by atoms with E-state index in [4.69, 9.17) is 9.26 Å². The largest absolute Gasteiger partial charge is 0.376 e. The molecule has 144 valence electrons. The highest BCUT2D eigenvalue weighted by Crippen LogP contribution is 2.24. The third-order valence-corrected chi connectivity index (χ3v) is 5.15. The Labute approximate surface area is 164 Å². The van der Waals surface area contributed by atoms with Crippen LogP contribution in [0.2, 0.25) is 0 Å². The highest BCUT2D eigenvalue weighted by molar-refractivity contribution is 5.94. The zero-order valence-electron chi connectivity index (χ0n) is 16.0. The summed E-state index contributed by atoms with van der Waals surface area (Å²) in [7, 11) is 0. The van der Waals surface area contributed by atoms with E-state index in [1.54, 1.807) is 0 Å². The topological polar surface area (TPSA) is 55.6 Å². The quantitative estimate of drug-likeness (QED) is 0.652. The van der Waals surface area contributed by atoms with Crippen LogP contribution in [0.3, 0.4) is 0 Å². The van der Waals surface area contributed by atoms with Crippen LogP contribution in [0.5, 0.6) is 0 Å². The molecule has 4 rings (SSSR count). The summed E-state index contributed by atoms with van der Waals surface area (Å²) < 4.78 is 11.0. The van der Waals surface area contributed by atoms with E-state index >= 15 is 0 Å². The van der Waals surface area contributed by atoms with Crippen LogP contribution in [0.4, 0.5) is 0 Å². The smallest absolute Gasteiger partial charge is 0.276 e. The lowest BCUT2D eigenvalue weighted by atomic mass is 10.0. The van der Waals surface area contributed by atoms with Crippen molar-refractivity contribution >= 4 is 5.91 Å². The van der Waals surface area contributed by atoms with Crippen molar-refractivity contribution in [3.8, 4) is 0 Å². The molecule has 0 bridgehead atoms. The maximum atomic E-state index is 13.5. The van der Waals surface area contributed by atoms with Crippen LogP contribution in [0, 0.1) is 0 Å². The van der Waals surface area contributed by atoms with E-state index in [0.717, 1.165) is 23.3 Å². The van der Waals surface area contributed by atoms with Gasteiger partial charge in [-0.15, -0.1) is 0 Å². The van der Waals surface area contributed by atoms with E-state index in [1.807, 2.05) is 53.4 Å². The molecule has 2 aromatic carbocycles. The Bertz CT molecular complexity index is 922. The Balaban J connectivity index is 1.62. The molecule has 0 saturated carbocycles. The zero-order valence-corrected chi connectivity index (χ0v) is 16.0. The number of aromatic nitrogens is 1. The summed E-state index contributed by atoms with van der Waals surface area (Å²) in [5, 5.41) is 4.10. The first-order chi connectivity index (χ1) is 13.7. The molecule has 0 saturated heterocycles. The third kappa shape index (κ3) is 3.99. The average molecular weight is 376 g/mol. The number of carbonyl (C=O) groups excluding carboxylic acids is 1. The fourth-order valence-electron chi connectivity index (χ4n) is 3.60. The average Bonchev–Trinajstić information content (AvgIpc) is 3.17. The summed E-state index contributed by atoms with van der Waals surface area (Å²) >= 11 is 0. The minimum atomic E-state index is -0.109. The van der Waals surface area contributed by atoms with E-state index in [-0.39, 0.29) is 11.9 Å². The molecule has 5 nitrogen and oxygen atoms in total. The normalized spacial score (nSPS) is 14.3. The molecule has 0 N–H and O–H groups in total. The fraction of sp³-hybridized carbons (Fsp3) is 0.304. The number of benzene rings is 2. The minimum Gasteiger partial charge on any atom is -0.376 e. The summed E-state index contributed by atoms with van der Waals surface area (Å²) in [6.07, 6.45) is 1.43. The van der Waals surface area contributed by atoms with Gasteiger partial charge in [0.25, 0.3) is 5.91 Å². The first-order valence-electron chi connectivity index (χ1n) is 9.66. The van der Waals surface area contributed by atoms with E-state index in [0.29, 0.717) is 31.9 Å². The number of fused-ring (bicyclic) bond motifs is 1. The minimum absolute atomic E-state index is 0.00645. The molecule has 1 aliphatic heterocycles. The van der Waals surface area contributed by atoms with Gasteiger partial charge in [0.2, 0.25) is 0 Å². The molecular weight excluding hydrogens is 352 g/mol. The molecule has 5 heteroatoms. The fourth-order valence-corrected chi connectivity index (χ4v) is 3.60. The van der Waals surface area contributed by atoms with Gasteiger partial charge in [-0.25, -0.2) is 0 Å². The van der Waals surface area contributed by atoms with Gasteiger partial charge in [-0.3, -0.25) is 4.79 Å². The summed E-state index contributed by atoms with van der Waals surface area (Å²) in [4.78, 5) is 15.3. The molecule has 1 amide bonds. The SMILES string of the molecule is CC(Cc1ccccc1)N(Cc1ccccc1)C(=O)c1noc2c1COCC2. The molecule has 1 unspecified atom stereocenters. The van der Waals surface area contributed by atoms with Crippen LogP contribution in [0.15, 0.2) is 65.2 Å². The monoisotopic (exact) mass is 376 g/mol. The molecule has 28 heavy (non-hydrogen) atoms. The molecule has 0 fully saturated rings. The van der Waals surface area contributed by atoms with E-state index in [1.165, 1.54) is 5.56 Å². The third-order valence-electron chi connectivity index (χ3n) is 5.15. The number of hydrogen-bond donors (Lipinski definition) is 0.